The molecule has 0 amide bonds. The van der Waals surface area contributed by atoms with E-state index >= 15 is 0 Å². The number of anilines is 1. The number of aliphatic imine (C=N–C) groups is 1. The quantitative estimate of drug-likeness (QED) is 0.461. The molecule has 1 rings (SSSR count). The van der Waals surface area contributed by atoms with Gasteiger partial charge in [0.25, 0.3) is 0 Å². The average Bonchev–Trinajstić information content (AvgIpc) is 2.38. The molecule has 0 radical (unpaired) electrons. The van der Waals surface area contributed by atoms with Gasteiger partial charge in [-0.3, -0.25) is 4.99 Å². The molecule has 0 heterocycles. The van der Waals surface area contributed by atoms with Crippen LogP contribution in [0.15, 0.2) is 23.2 Å². The second kappa shape index (κ2) is 8.66. The van der Waals surface area contributed by atoms with Gasteiger partial charge in [0.05, 0.1) is 25.3 Å². The molecule has 0 aliphatic carbocycles. The van der Waals surface area contributed by atoms with Crippen molar-refractivity contribution in [2.45, 2.75) is 13.8 Å². The van der Waals surface area contributed by atoms with E-state index in [1.54, 1.807) is 19.2 Å². The average molecular weight is 300 g/mol. The highest BCUT2D eigenvalue weighted by Crippen LogP contribution is 2.26. The molecule has 0 saturated heterocycles. The summed E-state index contributed by atoms with van der Waals surface area (Å²) >= 11 is 6.02. The summed E-state index contributed by atoms with van der Waals surface area (Å²) < 4.78 is 10.5. The van der Waals surface area contributed by atoms with Gasteiger partial charge in [0, 0.05) is 12.3 Å². The number of benzene rings is 1. The molecule has 0 aliphatic heterocycles. The van der Waals surface area contributed by atoms with Crippen molar-refractivity contribution in [3.8, 4) is 5.75 Å². The molecule has 1 aromatic rings. The molecule has 1 aromatic carbocycles. The summed E-state index contributed by atoms with van der Waals surface area (Å²) in [7, 11) is 1.57. The first-order chi connectivity index (χ1) is 9.52. The van der Waals surface area contributed by atoms with Crippen molar-refractivity contribution in [1.82, 2.24) is 0 Å². The Labute approximate surface area is 125 Å². The number of nitrogens with zero attached hydrogens (tertiary/aromatic N) is 1. The SMILES string of the molecule is COc1ccc(NC(N)=NCCOCC(C)C)cc1Cl. The smallest absolute Gasteiger partial charge is 0.193 e. The van der Waals surface area contributed by atoms with Gasteiger partial charge in [0.2, 0.25) is 0 Å². The summed E-state index contributed by atoms with van der Waals surface area (Å²) in [6.45, 7) is 6.02. The first-order valence-electron chi connectivity index (χ1n) is 6.51. The predicted molar refractivity (Wildman–Crippen MR) is 83.8 cm³/mol. The van der Waals surface area contributed by atoms with Gasteiger partial charge >= 0.3 is 0 Å². The van der Waals surface area contributed by atoms with E-state index in [0.717, 1.165) is 12.3 Å². The van der Waals surface area contributed by atoms with E-state index in [1.807, 2.05) is 6.07 Å². The molecular formula is C14H22ClN3O2. The van der Waals surface area contributed by atoms with Gasteiger partial charge in [0.1, 0.15) is 5.75 Å². The topological polar surface area (TPSA) is 68.9 Å². The van der Waals surface area contributed by atoms with Crippen molar-refractivity contribution in [2.24, 2.45) is 16.6 Å². The lowest BCUT2D eigenvalue weighted by Crippen LogP contribution is -2.23. The lowest BCUT2D eigenvalue weighted by atomic mass is 10.2. The molecule has 0 spiro atoms. The number of nitrogens with two attached hydrogens (primary N) is 1. The summed E-state index contributed by atoms with van der Waals surface area (Å²) in [4.78, 5) is 4.17. The molecule has 0 saturated carbocycles. The molecule has 0 aromatic heterocycles. The van der Waals surface area contributed by atoms with Crippen LogP contribution in [0.5, 0.6) is 5.75 Å². The Morgan fingerprint density at radius 3 is 2.80 bits per heavy atom. The van der Waals surface area contributed by atoms with Gasteiger partial charge in [-0.05, 0) is 24.1 Å². The molecule has 0 aliphatic rings. The molecule has 0 unspecified atom stereocenters. The zero-order valence-electron chi connectivity index (χ0n) is 12.1. The van der Waals surface area contributed by atoms with E-state index in [9.17, 15) is 0 Å². The minimum absolute atomic E-state index is 0.333. The van der Waals surface area contributed by atoms with E-state index in [4.69, 9.17) is 26.8 Å². The number of nitrogens with one attached hydrogen (secondary N) is 1. The molecule has 0 bridgehead atoms. The monoisotopic (exact) mass is 299 g/mol. The molecule has 3 N–H and O–H groups in total. The van der Waals surface area contributed by atoms with Crippen LogP contribution in [0.2, 0.25) is 5.02 Å². The minimum atomic E-state index is 0.333. The zero-order valence-corrected chi connectivity index (χ0v) is 12.9. The van der Waals surface area contributed by atoms with Crippen LogP contribution in [0.25, 0.3) is 0 Å². The summed E-state index contributed by atoms with van der Waals surface area (Å²) in [6.07, 6.45) is 0. The molecule has 20 heavy (non-hydrogen) atoms. The lowest BCUT2D eigenvalue weighted by molar-refractivity contribution is 0.117. The van der Waals surface area contributed by atoms with Crippen molar-refractivity contribution in [3.05, 3.63) is 23.2 Å². The Balaban J connectivity index is 2.41. The molecular weight excluding hydrogens is 278 g/mol. The molecule has 0 atom stereocenters. The molecule has 6 heteroatoms. The highest BCUT2D eigenvalue weighted by molar-refractivity contribution is 6.32. The van der Waals surface area contributed by atoms with E-state index in [1.165, 1.54) is 0 Å². The third-order valence-electron chi connectivity index (χ3n) is 2.39. The van der Waals surface area contributed by atoms with E-state index < -0.39 is 0 Å². The van der Waals surface area contributed by atoms with Gasteiger partial charge in [-0.25, -0.2) is 0 Å². The predicted octanol–water partition coefficient (Wildman–Crippen LogP) is 2.75. The maximum atomic E-state index is 6.02. The van der Waals surface area contributed by atoms with Crippen LogP contribution in [0.4, 0.5) is 5.69 Å². The normalized spacial score (nSPS) is 11.8. The Morgan fingerprint density at radius 2 is 2.20 bits per heavy atom. The Morgan fingerprint density at radius 1 is 1.45 bits per heavy atom. The second-order valence-corrected chi connectivity index (χ2v) is 5.12. The van der Waals surface area contributed by atoms with Crippen LogP contribution in [-0.2, 0) is 4.74 Å². The van der Waals surface area contributed by atoms with Crippen LogP contribution >= 0.6 is 11.6 Å². The number of halogens is 1. The van der Waals surface area contributed by atoms with Crippen LogP contribution in [-0.4, -0.2) is 32.8 Å². The Hall–Kier alpha value is -1.46. The number of guanidine groups is 1. The summed E-state index contributed by atoms with van der Waals surface area (Å²) in [5, 5.41) is 3.48. The largest absolute Gasteiger partial charge is 0.495 e. The zero-order chi connectivity index (χ0) is 15.0. The van der Waals surface area contributed by atoms with Crippen LogP contribution in [0, 0.1) is 5.92 Å². The highest BCUT2D eigenvalue weighted by Gasteiger charge is 2.02. The standard InChI is InChI=1S/C14H22ClN3O2/c1-10(2)9-20-7-6-17-14(16)18-11-4-5-13(19-3)12(15)8-11/h4-5,8,10H,6-7,9H2,1-3H3,(H3,16,17,18). The van der Waals surface area contributed by atoms with Crippen LogP contribution in [0.3, 0.4) is 0 Å². The first kappa shape index (κ1) is 16.6. The fourth-order valence-electron chi connectivity index (χ4n) is 1.48. The van der Waals surface area contributed by atoms with Crippen molar-refractivity contribution >= 4 is 23.2 Å². The third kappa shape index (κ3) is 6.12. The van der Waals surface area contributed by atoms with Gasteiger partial charge in [-0.15, -0.1) is 0 Å². The minimum Gasteiger partial charge on any atom is -0.495 e. The van der Waals surface area contributed by atoms with Crippen molar-refractivity contribution in [3.63, 3.8) is 0 Å². The van der Waals surface area contributed by atoms with Gasteiger partial charge in [-0.1, -0.05) is 25.4 Å². The summed E-state index contributed by atoms with van der Waals surface area (Å²) in [5.74, 6) is 1.48. The lowest BCUT2D eigenvalue weighted by Gasteiger charge is -2.09. The summed E-state index contributed by atoms with van der Waals surface area (Å²) in [6, 6.07) is 5.32. The van der Waals surface area contributed by atoms with E-state index in [0.29, 0.717) is 35.8 Å². The molecule has 0 fully saturated rings. The number of hydrogen-bond acceptors (Lipinski definition) is 3. The summed E-state index contributed by atoms with van der Waals surface area (Å²) in [5.41, 5.74) is 6.54. The van der Waals surface area contributed by atoms with Crippen molar-refractivity contribution in [1.29, 1.82) is 0 Å². The number of hydrogen-bond donors (Lipinski definition) is 2. The first-order valence-corrected chi connectivity index (χ1v) is 6.89. The maximum absolute atomic E-state index is 6.02. The maximum Gasteiger partial charge on any atom is 0.193 e. The van der Waals surface area contributed by atoms with Crippen molar-refractivity contribution < 1.29 is 9.47 Å². The van der Waals surface area contributed by atoms with Gasteiger partial charge in [0.15, 0.2) is 5.96 Å². The van der Waals surface area contributed by atoms with Gasteiger partial charge in [-0.2, -0.15) is 0 Å². The fraction of sp³-hybridized carbons (Fsp3) is 0.500. The number of methoxy groups -OCH3 is 1. The van der Waals surface area contributed by atoms with E-state index in [2.05, 4.69) is 24.2 Å². The third-order valence-corrected chi connectivity index (χ3v) is 2.69. The van der Waals surface area contributed by atoms with E-state index in [-0.39, 0.29) is 0 Å². The highest BCUT2D eigenvalue weighted by atomic mass is 35.5. The second-order valence-electron chi connectivity index (χ2n) is 4.71. The fourth-order valence-corrected chi connectivity index (χ4v) is 1.74. The van der Waals surface area contributed by atoms with Crippen LogP contribution in [0.1, 0.15) is 13.8 Å². The Bertz CT molecular complexity index is 450. The van der Waals surface area contributed by atoms with Gasteiger partial charge < -0.3 is 20.5 Å². The number of ether oxygens (including phenoxy) is 2. The number of rotatable bonds is 7. The Kier molecular flexibility index (Phi) is 7.18. The molecule has 5 nitrogen and oxygen atoms in total. The van der Waals surface area contributed by atoms with Crippen LogP contribution < -0.4 is 15.8 Å². The van der Waals surface area contributed by atoms with Crippen molar-refractivity contribution in [2.75, 3.05) is 32.2 Å². The molecule has 112 valence electrons.